The van der Waals surface area contributed by atoms with Gasteiger partial charge < -0.3 is 4.90 Å². The molecule has 0 amide bonds. The maximum atomic E-state index is 7.49. The summed E-state index contributed by atoms with van der Waals surface area (Å²) in [6.07, 6.45) is 6.90. The van der Waals surface area contributed by atoms with Gasteiger partial charge in [0.15, 0.2) is 0 Å². The zero-order valence-electron chi connectivity index (χ0n) is 29.2. The quantitative estimate of drug-likeness (QED) is 0.174. The molecule has 4 bridgehead atoms. The Hall–Kier alpha value is -5.11. The average molecular weight is 690 g/mol. The van der Waals surface area contributed by atoms with Crippen LogP contribution in [0.3, 0.4) is 0 Å². The maximum absolute atomic E-state index is 7.49. The van der Waals surface area contributed by atoms with Crippen LogP contribution in [0.1, 0.15) is 43.2 Å². The molecule has 4 fully saturated rings. The number of halogens is 1. The third-order valence-electron chi connectivity index (χ3n) is 13.3. The summed E-state index contributed by atoms with van der Waals surface area (Å²) in [5.41, 5.74) is 14.1. The number of hydrogen-bond donors (Lipinski definition) is 0. The van der Waals surface area contributed by atoms with Crippen LogP contribution >= 0.6 is 11.6 Å². The summed E-state index contributed by atoms with van der Waals surface area (Å²) in [5.74, 6) is 3.21. The largest absolute Gasteiger partial charge is 0.310 e. The highest BCUT2D eigenvalue weighted by atomic mass is 35.5. The normalized spacial score (nSPS) is 23.6. The molecule has 252 valence electrons. The highest BCUT2D eigenvalue weighted by molar-refractivity contribution is 6.34. The molecule has 2 heteroatoms. The Morgan fingerprint density at radius 2 is 1.06 bits per heavy atom. The molecule has 0 radical (unpaired) electrons. The van der Waals surface area contributed by atoms with Crippen molar-refractivity contribution in [3.63, 3.8) is 0 Å². The van der Waals surface area contributed by atoms with E-state index in [0.29, 0.717) is 11.8 Å². The van der Waals surface area contributed by atoms with Crippen molar-refractivity contribution >= 4 is 39.4 Å². The fourth-order valence-corrected chi connectivity index (χ4v) is 11.9. The van der Waals surface area contributed by atoms with Gasteiger partial charge in [-0.25, -0.2) is 0 Å². The number of anilines is 3. The number of nitrogens with zero attached hydrogens (tertiary/aromatic N) is 1. The lowest BCUT2D eigenvalue weighted by molar-refractivity contribution is -0.0399. The standard InChI is InChI=1S/C50H40ClN/c51-47-31-36(30-46-49(47)44-17-9-10-18-45(44)50(46)37-26-32-25-33(28-37)29-38(50)27-32)41-23-24-48(43-16-8-7-15-42(41)43)52(39-13-5-2-6-14-39)40-21-19-35(20-22-40)34-11-3-1-4-12-34/h1-24,30-33,37-38H,25-29H2. The van der Waals surface area contributed by atoms with Gasteiger partial charge in [0.1, 0.15) is 0 Å². The van der Waals surface area contributed by atoms with Gasteiger partial charge in [-0.15, -0.1) is 0 Å². The van der Waals surface area contributed by atoms with Gasteiger partial charge in [-0.3, -0.25) is 0 Å². The van der Waals surface area contributed by atoms with Crippen LogP contribution in [0.4, 0.5) is 17.1 Å². The number of benzene rings is 7. The molecule has 12 rings (SSSR count). The highest BCUT2D eigenvalue weighted by Gasteiger charge is 2.61. The van der Waals surface area contributed by atoms with Gasteiger partial charge in [0.05, 0.1) is 5.69 Å². The van der Waals surface area contributed by atoms with Gasteiger partial charge >= 0.3 is 0 Å². The Morgan fingerprint density at radius 3 is 1.79 bits per heavy atom. The zero-order valence-corrected chi connectivity index (χ0v) is 29.9. The van der Waals surface area contributed by atoms with Crippen LogP contribution < -0.4 is 4.90 Å². The van der Waals surface area contributed by atoms with E-state index in [1.807, 2.05) is 0 Å². The molecule has 0 heterocycles. The smallest absolute Gasteiger partial charge is 0.0540 e. The predicted molar refractivity (Wildman–Crippen MR) is 218 cm³/mol. The summed E-state index contributed by atoms with van der Waals surface area (Å²) < 4.78 is 0. The number of hydrogen-bond acceptors (Lipinski definition) is 1. The van der Waals surface area contributed by atoms with Gasteiger partial charge in [0, 0.05) is 32.8 Å². The average Bonchev–Trinajstić information content (AvgIpc) is 3.49. The van der Waals surface area contributed by atoms with E-state index in [9.17, 15) is 0 Å². The molecule has 0 aliphatic heterocycles. The van der Waals surface area contributed by atoms with E-state index in [1.54, 1.807) is 5.56 Å². The number of fused-ring (bicyclic) bond motifs is 4. The van der Waals surface area contributed by atoms with Crippen molar-refractivity contribution in [1.82, 2.24) is 0 Å². The Balaban J connectivity index is 1.08. The van der Waals surface area contributed by atoms with E-state index in [0.717, 1.165) is 33.9 Å². The van der Waals surface area contributed by atoms with Crippen LogP contribution in [0, 0.1) is 23.7 Å². The number of rotatable bonds is 5. The molecule has 0 atom stereocenters. The second-order valence-electron chi connectivity index (χ2n) is 15.9. The lowest BCUT2D eigenvalue weighted by atomic mass is 9.43. The van der Waals surface area contributed by atoms with Crippen molar-refractivity contribution < 1.29 is 0 Å². The van der Waals surface area contributed by atoms with Crippen LogP contribution in [-0.2, 0) is 5.41 Å². The van der Waals surface area contributed by atoms with Crippen molar-refractivity contribution in [1.29, 1.82) is 0 Å². The second-order valence-corrected chi connectivity index (χ2v) is 16.3. The summed E-state index contributed by atoms with van der Waals surface area (Å²) in [5, 5.41) is 3.36. The molecule has 7 aromatic carbocycles. The SMILES string of the molecule is Clc1cc(-c2ccc(N(c3ccccc3)c3ccc(-c4ccccc4)cc3)c3ccccc23)cc2c1-c1ccccc1C21C2CC3CC(C2)CC1C3. The lowest BCUT2D eigenvalue weighted by Gasteiger charge is -2.61. The first-order valence-electron chi connectivity index (χ1n) is 19.1. The van der Waals surface area contributed by atoms with E-state index in [1.165, 1.54) is 81.8 Å². The van der Waals surface area contributed by atoms with Gasteiger partial charge in [0.2, 0.25) is 0 Å². The summed E-state index contributed by atoms with van der Waals surface area (Å²) in [4.78, 5) is 2.40. The number of para-hydroxylation sites is 1. The van der Waals surface area contributed by atoms with Gasteiger partial charge in [-0.2, -0.15) is 0 Å². The van der Waals surface area contributed by atoms with Crippen molar-refractivity contribution in [2.75, 3.05) is 4.90 Å². The van der Waals surface area contributed by atoms with E-state index in [-0.39, 0.29) is 5.41 Å². The summed E-state index contributed by atoms with van der Waals surface area (Å²) in [6, 6.07) is 58.0. The van der Waals surface area contributed by atoms with Crippen LogP contribution in [0.15, 0.2) is 158 Å². The van der Waals surface area contributed by atoms with Crippen molar-refractivity contribution in [2.24, 2.45) is 23.7 Å². The van der Waals surface area contributed by atoms with Gasteiger partial charge in [-0.1, -0.05) is 127 Å². The molecular weight excluding hydrogens is 650 g/mol. The minimum absolute atomic E-state index is 0.0742. The maximum Gasteiger partial charge on any atom is 0.0540 e. The molecule has 4 saturated carbocycles. The first-order chi connectivity index (χ1) is 25.7. The molecule has 0 unspecified atom stereocenters. The predicted octanol–water partition coefficient (Wildman–Crippen LogP) is 14.0. The molecular formula is C50H40ClN. The third kappa shape index (κ3) is 4.42. The summed E-state index contributed by atoms with van der Waals surface area (Å²) >= 11 is 7.49. The monoisotopic (exact) mass is 689 g/mol. The van der Waals surface area contributed by atoms with Gasteiger partial charge in [-0.05, 0) is 143 Å². The molecule has 1 nitrogen and oxygen atoms in total. The Morgan fingerprint density at radius 1 is 0.462 bits per heavy atom. The highest BCUT2D eigenvalue weighted by Crippen LogP contribution is 2.70. The van der Waals surface area contributed by atoms with Crippen molar-refractivity contribution in [3.8, 4) is 33.4 Å². The molecule has 0 saturated heterocycles. The molecule has 52 heavy (non-hydrogen) atoms. The van der Waals surface area contributed by atoms with Gasteiger partial charge in [0.25, 0.3) is 0 Å². The molecule has 5 aliphatic carbocycles. The Bertz CT molecular complexity index is 2450. The minimum atomic E-state index is 0.0742. The summed E-state index contributed by atoms with van der Waals surface area (Å²) in [7, 11) is 0. The van der Waals surface area contributed by atoms with E-state index < -0.39 is 0 Å². The Kier molecular flexibility index (Phi) is 6.87. The first-order valence-corrected chi connectivity index (χ1v) is 19.5. The van der Waals surface area contributed by atoms with E-state index in [4.69, 9.17) is 11.6 Å². The zero-order chi connectivity index (χ0) is 34.4. The molecule has 1 spiro atoms. The molecule has 7 aromatic rings. The van der Waals surface area contributed by atoms with Crippen LogP contribution in [0.2, 0.25) is 5.02 Å². The lowest BCUT2D eigenvalue weighted by Crippen LogP contribution is -2.55. The van der Waals surface area contributed by atoms with E-state index in [2.05, 4.69) is 163 Å². The molecule has 0 aromatic heterocycles. The third-order valence-corrected chi connectivity index (χ3v) is 13.6. The van der Waals surface area contributed by atoms with Crippen LogP contribution in [-0.4, -0.2) is 0 Å². The molecule has 0 N–H and O–H groups in total. The minimum Gasteiger partial charge on any atom is -0.310 e. The molecule has 5 aliphatic rings. The second kappa shape index (κ2) is 11.7. The summed E-state index contributed by atoms with van der Waals surface area (Å²) in [6.45, 7) is 0. The van der Waals surface area contributed by atoms with E-state index >= 15 is 0 Å². The fraction of sp³-hybridized carbons (Fsp3) is 0.200. The Labute approximate surface area is 311 Å². The van der Waals surface area contributed by atoms with Crippen LogP contribution in [0.5, 0.6) is 0 Å². The van der Waals surface area contributed by atoms with Crippen LogP contribution in [0.25, 0.3) is 44.2 Å². The van der Waals surface area contributed by atoms with Crippen molar-refractivity contribution in [3.05, 3.63) is 174 Å². The fourth-order valence-electron chi connectivity index (χ4n) is 11.5. The topological polar surface area (TPSA) is 3.24 Å². The van der Waals surface area contributed by atoms with Crippen molar-refractivity contribution in [2.45, 2.75) is 37.5 Å². The first kappa shape index (κ1) is 30.5.